The minimum Gasteiger partial charge on any atom is -0.456 e. The molecule has 32 heavy (non-hydrogen) atoms. The van der Waals surface area contributed by atoms with E-state index in [1.807, 2.05) is 0 Å². The zero-order chi connectivity index (χ0) is 24.1. The van der Waals surface area contributed by atoms with E-state index in [9.17, 15) is 27.2 Å². The maximum absolute atomic E-state index is 14.2. The Bertz CT molecular complexity index is 1130. The summed E-state index contributed by atoms with van der Waals surface area (Å²) in [6.45, 7) is 6.81. The van der Waals surface area contributed by atoms with Gasteiger partial charge in [-0.3, -0.25) is 4.79 Å². The molecule has 2 aromatic rings. The number of ketones is 1. The quantitative estimate of drug-likeness (QED) is 0.376. The standard InChI is InChI=1S/C24H21ClF4O3/c1-13-9-14(5-7-17(13)21(31)32-22(2,3)4)15-10-20(30)23(12-15,24(27,28)29)16-6-8-19(26)18(25)11-16/h5-11H,12H2,1-4H3. The lowest BCUT2D eigenvalue weighted by molar-refractivity contribution is -0.189. The van der Waals surface area contributed by atoms with Gasteiger partial charge in [0.05, 0.1) is 10.6 Å². The Balaban J connectivity index is 2.00. The highest BCUT2D eigenvalue weighted by molar-refractivity contribution is 6.30. The van der Waals surface area contributed by atoms with Crippen LogP contribution in [0.1, 0.15) is 54.2 Å². The number of alkyl halides is 3. The summed E-state index contributed by atoms with van der Waals surface area (Å²) in [6, 6.07) is 7.08. The molecule has 0 aromatic heterocycles. The summed E-state index contributed by atoms with van der Waals surface area (Å²) in [5.74, 6) is -2.58. The highest BCUT2D eigenvalue weighted by Gasteiger charge is 2.62. The predicted molar refractivity (Wildman–Crippen MR) is 113 cm³/mol. The third-order valence-electron chi connectivity index (χ3n) is 5.29. The van der Waals surface area contributed by atoms with E-state index in [0.29, 0.717) is 11.1 Å². The molecular weight excluding hydrogens is 448 g/mol. The van der Waals surface area contributed by atoms with Gasteiger partial charge in [0.25, 0.3) is 0 Å². The maximum atomic E-state index is 14.2. The number of aryl methyl sites for hydroxylation is 1. The van der Waals surface area contributed by atoms with Gasteiger partial charge in [-0.15, -0.1) is 0 Å². The van der Waals surface area contributed by atoms with Crippen LogP contribution in [0.25, 0.3) is 5.57 Å². The van der Waals surface area contributed by atoms with Gasteiger partial charge in [0.2, 0.25) is 0 Å². The number of hydrogen-bond donors (Lipinski definition) is 0. The van der Waals surface area contributed by atoms with Gasteiger partial charge in [0.15, 0.2) is 11.2 Å². The molecule has 1 aliphatic carbocycles. The number of carbonyl (C=O) groups is 2. The van der Waals surface area contributed by atoms with Crippen LogP contribution in [0.2, 0.25) is 5.02 Å². The molecule has 0 amide bonds. The monoisotopic (exact) mass is 468 g/mol. The molecule has 0 heterocycles. The minimum absolute atomic E-state index is 0.159. The van der Waals surface area contributed by atoms with E-state index in [-0.39, 0.29) is 11.1 Å². The topological polar surface area (TPSA) is 43.4 Å². The molecule has 0 saturated carbocycles. The van der Waals surface area contributed by atoms with Crippen molar-refractivity contribution in [2.45, 2.75) is 51.3 Å². The van der Waals surface area contributed by atoms with Gasteiger partial charge in [0.1, 0.15) is 11.4 Å². The Labute approximate surface area is 188 Å². The van der Waals surface area contributed by atoms with Gasteiger partial charge in [0, 0.05) is 0 Å². The van der Waals surface area contributed by atoms with Gasteiger partial charge in [-0.2, -0.15) is 13.2 Å². The number of carbonyl (C=O) groups excluding carboxylic acids is 2. The van der Waals surface area contributed by atoms with Crippen molar-refractivity contribution in [1.29, 1.82) is 0 Å². The summed E-state index contributed by atoms with van der Waals surface area (Å²) >= 11 is 5.70. The van der Waals surface area contributed by atoms with Crippen LogP contribution in [0.5, 0.6) is 0 Å². The van der Waals surface area contributed by atoms with Crippen molar-refractivity contribution in [2.75, 3.05) is 0 Å². The van der Waals surface area contributed by atoms with Gasteiger partial charge in [-0.1, -0.05) is 29.8 Å². The molecule has 3 nitrogen and oxygen atoms in total. The van der Waals surface area contributed by atoms with Crippen LogP contribution in [-0.2, 0) is 14.9 Å². The second-order valence-electron chi connectivity index (χ2n) is 8.77. The molecule has 2 aromatic carbocycles. The van der Waals surface area contributed by atoms with Crippen LogP contribution in [0.4, 0.5) is 17.6 Å². The van der Waals surface area contributed by atoms with Crippen molar-refractivity contribution in [3.63, 3.8) is 0 Å². The highest BCUT2D eigenvalue weighted by atomic mass is 35.5. The molecule has 0 fully saturated rings. The third kappa shape index (κ3) is 4.31. The lowest BCUT2D eigenvalue weighted by Gasteiger charge is -2.31. The molecule has 1 unspecified atom stereocenters. The van der Waals surface area contributed by atoms with Gasteiger partial charge in [-0.05, 0) is 80.7 Å². The Morgan fingerprint density at radius 3 is 2.28 bits per heavy atom. The van der Waals surface area contributed by atoms with Crippen LogP contribution in [0.15, 0.2) is 42.5 Å². The van der Waals surface area contributed by atoms with Crippen LogP contribution in [0, 0.1) is 12.7 Å². The van der Waals surface area contributed by atoms with Crippen molar-refractivity contribution in [3.8, 4) is 0 Å². The number of ether oxygens (including phenoxy) is 1. The normalized spacial score (nSPS) is 19.2. The van der Waals surface area contributed by atoms with E-state index in [4.69, 9.17) is 16.3 Å². The molecule has 3 rings (SSSR count). The van der Waals surface area contributed by atoms with Crippen molar-refractivity contribution in [1.82, 2.24) is 0 Å². The molecule has 0 saturated heterocycles. The average Bonchev–Trinajstić information content (AvgIpc) is 3.00. The molecular formula is C24H21ClF4O3. The molecule has 0 radical (unpaired) electrons. The number of esters is 1. The molecule has 8 heteroatoms. The van der Waals surface area contributed by atoms with Crippen molar-refractivity contribution in [2.24, 2.45) is 0 Å². The average molecular weight is 469 g/mol. The van der Waals surface area contributed by atoms with E-state index in [0.717, 1.165) is 24.3 Å². The summed E-state index contributed by atoms with van der Waals surface area (Å²) < 4.78 is 61.6. The first kappa shape index (κ1) is 24.0. The second-order valence-corrected chi connectivity index (χ2v) is 9.18. The first-order valence-electron chi connectivity index (χ1n) is 9.77. The zero-order valence-corrected chi connectivity index (χ0v) is 18.6. The lowest BCUT2D eigenvalue weighted by atomic mass is 9.75. The number of benzene rings is 2. The second kappa shape index (κ2) is 8.03. The number of allylic oxidation sites excluding steroid dienone is 2. The smallest absolute Gasteiger partial charge is 0.405 e. The molecule has 0 bridgehead atoms. The Morgan fingerprint density at radius 2 is 1.75 bits per heavy atom. The molecule has 0 spiro atoms. The fraction of sp³-hybridized carbons (Fsp3) is 0.333. The SMILES string of the molecule is Cc1cc(C2=CC(=O)C(c3ccc(F)c(Cl)c3)(C(F)(F)F)C2)ccc1C(=O)OC(C)(C)C. The van der Waals surface area contributed by atoms with Crippen LogP contribution >= 0.6 is 11.6 Å². The fourth-order valence-corrected chi connectivity index (χ4v) is 3.91. The number of rotatable bonds is 3. The van der Waals surface area contributed by atoms with E-state index in [1.54, 1.807) is 33.8 Å². The van der Waals surface area contributed by atoms with Crippen molar-refractivity contribution in [3.05, 3.63) is 75.6 Å². The maximum Gasteiger partial charge on any atom is 0.405 e. The Kier molecular flexibility index (Phi) is 6.02. The van der Waals surface area contributed by atoms with Gasteiger partial charge in [-0.25, -0.2) is 9.18 Å². The molecule has 1 atom stereocenters. The fourth-order valence-electron chi connectivity index (χ4n) is 3.73. The van der Waals surface area contributed by atoms with Crippen LogP contribution in [0.3, 0.4) is 0 Å². The molecule has 0 aliphatic heterocycles. The molecule has 1 aliphatic rings. The van der Waals surface area contributed by atoms with E-state index < -0.39 is 51.8 Å². The first-order valence-corrected chi connectivity index (χ1v) is 10.1. The predicted octanol–water partition coefficient (Wildman–Crippen LogP) is 6.60. The van der Waals surface area contributed by atoms with Crippen molar-refractivity contribution < 1.29 is 31.9 Å². The highest BCUT2D eigenvalue weighted by Crippen LogP contribution is 2.52. The molecule has 0 N–H and O–H groups in total. The van der Waals surface area contributed by atoms with Crippen molar-refractivity contribution >= 4 is 28.9 Å². The Hall–Kier alpha value is -2.67. The van der Waals surface area contributed by atoms with E-state index >= 15 is 0 Å². The van der Waals surface area contributed by atoms with Crippen LogP contribution in [-0.4, -0.2) is 23.5 Å². The number of hydrogen-bond acceptors (Lipinski definition) is 3. The summed E-state index contributed by atoms with van der Waals surface area (Å²) in [5.41, 5.74) is -2.67. The summed E-state index contributed by atoms with van der Waals surface area (Å²) in [7, 11) is 0. The first-order chi connectivity index (χ1) is 14.7. The largest absolute Gasteiger partial charge is 0.456 e. The minimum atomic E-state index is -4.94. The number of halogens is 5. The summed E-state index contributed by atoms with van der Waals surface area (Å²) in [4.78, 5) is 25.1. The van der Waals surface area contributed by atoms with E-state index in [2.05, 4.69) is 0 Å². The van der Waals surface area contributed by atoms with Crippen LogP contribution < -0.4 is 0 Å². The lowest BCUT2D eigenvalue weighted by Crippen LogP contribution is -2.46. The Morgan fingerprint density at radius 1 is 1.09 bits per heavy atom. The summed E-state index contributed by atoms with van der Waals surface area (Å²) in [5, 5.41) is -0.495. The third-order valence-corrected chi connectivity index (χ3v) is 5.58. The van der Waals surface area contributed by atoms with Gasteiger partial charge < -0.3 is 4.74 Å². The zero-order valence-electron chi connectivity index (χ0n) is 17.9. The van der Waals surface area contributed by atoms with E-state index in [1.165, 1.54) is 12.1 Å². The molecule has 170 valence electrons. The summed E-state index contributed by atoms with van der Waals surface area (Å²) in [6.07, 6.45) is -4.65. The van der Waals surface area contributed by atoms with Gasteiger partial charge >= 0.3 is 12.1 Å².